The molecule has 0 atom stereocenters. The lowest BCUT2D eigenvalue weighted by atomic mass is 10.1. The van der Waals surface area contributed by atoms with Gasteiger partial charge in [-0.05, 0) is 48.4 Å². The first-order valence-electron chi connectivity index (χ1n) is 8.15. The zero-order valence-electron chi connectivity index (χ0n) is 14.4. The topological polar surface area (TPSA) is 77.5 Å². The van der Waals surface area contributed by atoms with Crippen LogP contribution in [-0.4, -0.2) is 29.4 Å². The molecule has 1 aromatic heterocycles. The van der Waals surface area contributed by atoms with Gasteiger partial charge in [0.15, 0.2) is 5.96 Å². The Labute approximate surface area is 157 Å². The molecule has 0 amide bonds. The van der Waals surface area contributed by atoms with Crippen molar-refractivity contribution in [2.75, 3.05) is 19.0 Å². The molecule has 0 aliphatic rings. The fraction of sp³-hybridized carbons (Fsp3) is 0.158. The minimum Gasteiger partial charge on any atom is -0.495 e. The standard InChI is InChI=1S/C19H20ClN5O/c1-26-18-8-5-15(13-17(18)20)24-19(21)22-11-9-14-3-6-16(7-4-14)25-12-2-10-23-25/h2-8,10,12-13H,9,11H2,1H3,(H3,21,22,24). The van der Waals surface area contributed by atoms with Crippen LogP contribution >= 0.6 is 11.6 Å². The Morgan fingerprint density at radius 1 is 1.27 bits per heavy atom. The van der Waals surface area contributed by atoms with Crippen molar-refractivity contribution in [1.29, 1.82) is 0 Å². The van der Waals surface area contributed by atoms with E-state index in [1.807, 2.05) is 35.1 Å². The molecule has 2 aromatic carbocycles. The Hall–Kier alpha value is -2.99. The summed E-state index contributed by atoms with van der Waals surface area (Å²) in [5, 5.41) is 7.75. The molecule has 3 N–H and O–H groups in total. The molecular weight excluding hydrogens is 350 g/mol. The SMILES string of the molecule is COc1ccc(NC(N)=NCCc2ccc(-n3cccn3)cc2)cc1Cl. The first-order valence-corrected chi connectivity index (χ1v) is 8.53. The number of hydrogen-bond donors (Lipinski definition) is 2. The Kier molecular flexibility index (Phi) is 5.76. The molecule has 3 rings (SSSR count). The Morgan fingerprint density at radius 3 is 2.73 bits per heavy atom. The van der Waals surface area contributed by atoms with Gasteiger partial charge in [-0.1, -0.05) is 23.7 Å². The number of anilines is 1. The van der Waals surface area contributed by atoms with Crippen LogP contribution in [0.15, 0.2) is 65.9 Å². The molecule has 3 aromatic rings. The van der Waals surface area contributed by atoms with E-state index in [0.29, 0.717) is 23.3 Å². The highest BCUT2D eigenvalue weighted by molar-refractivity contribution is 6.32. The van der Waals surface area contributed by atoms with Crippen molar-refractivity contribution in [3.05, 3.63) is 71.5 Å². The Bertz CT molecular complexity index is 875. The van der Waals surface area contributed by atoms with E-state index in [1.54, 1.807) is 25.4 Å². The van der Waals surface area contributed by atoms with Crippen LogP contribution in [0.4, 0.5) is 5.69 Å². The summed E-state index contributed by atoms with van der Waals surface area (Å²) in [6.45, 7) is 0.587. The van der Waals surface area contributed by atoms with Crippen molar-refractivity contribution in [1.82, 2.24) is 9.78 Å². The summed E-state index contributed by atoms with van der Waals surface area (Å²) in [6.07, 6.45) is 4.47. The molecule has 0 fully saturated rings. The molecule has 0 aliphatic heterocycles. The first-order chi connectivity index (χ1) is 12.7. The number of nitrogens with zero attached hydrogens (tertiary/aromatic N) is 3. The Morgan fingerprint density at radius 2 is 2.08 bits per heavy atom. The maximum atomic E-state index is 6.10. The molecule has 6 nitrogen and oxygen atoms in total. The van der Waals surface area contributed by atoms with Crippen molar-refractivity contribution in [3.8, 4) is 11.4 Å². The summed E-state index contributed by atoms with van der Waals surface area (Å²) in [5.74, 6) is 0.964. The summed E-state index contributed by atoms with van der Waals surface area (Å²) < 4.78 is 6.95. The largest absolute Gasteiger partial charge is 0.495 e. The van der Waals surface area contributed by atoms with Crippen LogP contribution < -0.4 is 15.8 Å². The van der Waals surface area contributed by atoms with Gasteiger partial charge < -0.3 is 15.8 Å². The second kappa shape index (κ2) is 8.40. The average molecular weight is 370 g/mol. The lowest BCUT2D eigenvalue weighted by molar-refractivity contribution is 0.415. The molecular formula is C19H20ClN5O. The predicted molar refractivity (Wildman–Crippen MR) is 105 cm³/mol. The van der Waals surface area contributed by atoms with Gasteiger partial charge in [-0.3, -0.25) is 4.99 Å². The zero-order valence-corrected chi connectivity index (χ0v) is 15.1. The van der Waals surface area contributed by atoms with Crippen molar-refractivity contribution < 1.29 is 4.74 Å². The van der Waals surface area contributed by atoms with E-state index >= 15 is 0 Å². The highest BCUT2D eigenvalue weighted by atomic mass is 35.5. The number of aromatic nitrogens is 2. The van der Waals surface area contributed by atoms with Crippen molar-refractivity contribution in [2.24, 2.45) is 10.7 Å². The minimum atomic E-state index is 0.347. The number of nitrogens with one attached hydrogen (secondary N) is 1. The van der Waals surface area contributed by atoms with Crippen LogP contribution in [0.2, 0.25) is 5.02 Å². The van der Waals surface area contributed by atoms with Gasteiger partial charge in [0.25, 0.3) is 0 Å². The number of methoxy groups -OCH3 is 1. The highest BCUT2D eigenvalue weighted by Crippen LogP contribution is 2.27. The molecule has 26 heavy (non-hydrogen) atoms. The smallest absolute Gasteiger partial charge is 0.193 e. The third kappa shape index (κ3) is 4.55. The van der Waals surface area contributed by atoms with Crippen molar-refractivity contribution in [3.63, 3.8) is 0 Å². The van der Waals surface area contributed by atoms with Crippen LogP contribution in [0.5, 0.6) is 5.75 Å². The van der Waals surface area contributed by atoms with Crippen LogP contribution in [-0.2, 0) is 6.42 Å². The van der Waals surface area contributed by atoms with Crippen molar-refractivity contribution in [2.45, 2.75) is 6.42 Å². The third-order valence-corrected chi connectivity index (χ3v) is 4.11. The number of halogens is 1. The number of ether oxygens (including phenoxy) is 1. The lowest BCUT2D eigenvalue weighted by Gasteiger charge is -2.08. The Balaban J connectivity index is 1.53. The molecule has 0 radical (unpaired) electrons. The second-order valence-corrected chi connectivity index (χ2v) is 6.02. The van der Waals surface area contributed by atoms with Crippen molar-refractivity contribution >= 4 is 23.2 Å². The normalized spacial score (nSPS) is 11.4. The summed E-state index contributed by atoms with van der Waals surface area (Å²) in [5.41, 5.74) is 8.91. The number of benzene rings is 2. The van der Waals surface area contributed by atoms with Crippen LogP contribution in [0.25, 0.3) is 5.69 Å². The van der Waals surface area contributed by atoms with Crippen LogP contribution in [0.1, 0.15) is 5.56 Å². The van der Waals surface area contributed by atoms with E-state index in [1.165, 1.54) is 5.56 Å². The fourth-order valence-corrected chi connectivity index (χ4v) is 2.73. The van der Waals surface area contributed by atoms with Gasteiger partial charge in [0.05, 0.1) is 17.8 Å². The average Bonchev–Trinajstić information content (AvgIpc) is 3.17. The zero-order chi connectivity index (χ0) is 18.4. The molecule has 134 valence electrons. The lowest BCUT2D eigenvalue weighted by Crippen LogP contribution is -2.23. The minimum absolute atomic E-state index is 0.347. The van der Waals surface area contributed by atoms with E-state index in [0.717, 1.165) is 17.8 Å². The van der Waals surface area contributed by atoms with Gasteiger partial charge in [-0.25, -0.2) is 4.68 Å². The first kappa shape index (κ1) is 17.8. The molecule has 1 heterocycles. The third-order valence-electron chi connectivity index (χ3n) is 3.81. The number of nitrogens with two attached hydrogens (primary N) is 1. The molecule has 0 spiro atoms. The number of rotatable bonds is 6. The molecule has 0 aliphatic carbocycles. The maximum Gasteiger partial charge on any atom is 0.193 e. The van der Waals surface area contributed by atoms with Crippen LogP contribution in [0, 0.1) is 0 Å². The number of guanidine groups is 1. The fourth-order valence-electron chi connectivity index (χ4n) is 2.47. The van der Waals surface area contributed by atoms with Gasteiger partial charge in [-0.15, -0.1) is 0 Å². The van der Waals surface area contributed by atoms with Crippen LogP contribution in [0.3, 0.4) is 0 Å². The summed E-state index contributed by atoms with van der Waals surface area (Å²) >= 11 is 6.10. The highest BCUT2D eigenvalue weighted by Gasteiger charge is 2.03. The molecule has 0 saturated heterocycles. The van der Waals surface area contributed by atoms with Gasteiger partial charge in [0, 0.05) is 24.6 Å². The van der Waals surface area contributed by atoms with Gasteiger partial charge >= 0.3 is 0 Å². The summed E-state index contributed by atoms with van der Waals surface area (Å²) in [4.78, 5) is 4.35. The monoisotopic (exact) mass is 369 g/mol. The molecule has 0 saturated carbocycles. The van der Waals surface area contributed by atoms with E-state index in [2.05, 4.69) is 27.5 Å². The summed E-state index contributed by atoms with van der Waals surface area (Å²) in [7, 11) is 1.58. The van der Waals surface area contributed by atoms with Gasteiger partial charge in [-0.2, -0.15) is 5.10 Å². The predicted octanol–water partition coefficient (Wildman–Crippen LogP) is 3.50. The molecule has 0 unspecified atom stereocenters. The van der Waals surface area contributed by atoms with E-state index in [9.17, 15) is 0 Å². The quantitative estimate of drug-likeness (QED) is 0.515. The maximum absolute atomic E-state index is 6.10. The van der Waals surface area contributed by atoms with Gasteiger partial charge in [0.1, 0.15) is 5.75 Å². The van der Waals surface area contributed by atoms with E-state index in [-0.39, 0.29) is 0 Å². The van der Waals surface area contributed by atoms with Gasteiger partial charge in [0.2, 0.25) is 0 Å². The summed E-state index contributed by atoms with van der Waals surface area (Å²) in [6, 6.07) is 15.5. The second-order valence-electron chi connectivity index (χ2n) is 5.61. The number of aliphatic imine (C=N–C) groups is 1. The van der Waals surface area contributed by atoms with E-state index in [4.69, 9.17) is 22.1 Å². The molecule has 0 bridgehead atoms. The number of hydrogen-bond acceptors (Lipinski definition) is 3. The van der Waals surface area contributed by atoms with E-state index < -0.39 is 0 Å². The molecule has 7 heteroatoms.